The van der Waals surface area contributed by atoms with Crippen molar-refractivity contribution in [2.45, 2.75) is 0 Å². The Morgan fingerprint density at radius 1 is 1.00 bits per heavy atom. The average molecular weight is 268 g/mol. The molecular formula is C16H16N2O2. The van der Waals surface area contributed by atoms with Crippen molar-refractivity contribution >= 4 is 23.5 Å². The highest BCUT2D eigenvalue weighted by atomic mass is 16.6. The molecule has 0 amide bonds. The van der Waals surface area contributed by atoms with Gasteiger partial charge in [-0.25, -0.2) is 0 Å². The third kappa shape index (κ3) is 3.23. The predicted molar refractivity (Wildman–Crippen MR) is 82.8 cm³/mol. The molecule has 0 heterocycles. The van der Waals surface area contributed by atoms with Gasteiger partial charge in [0.2, 0.25) is 0 Å². The zero-order chi connectivity index (χ0) is 14.5. The minimum Gasteiger partial charge on any atom is -0.378 e. The third-order valence-corrected chi connectivity index (χ3v) is 3.00. The number of nitro groups is 1. The summed E-state index contributed by atoms with van der Waals surface area (Å²) in [4.78, 5) is 12.6. The fraction of sp³-hybridized carbons (Fsp3) is 0.125. The van der Waals surface area contributed by atoms with Crippen LogP contribution in [0.15, 0.2) is 48.5 Å². The van der Waals surface area contributed by atoms with E-state index in [-0.39, 0.29) is 10.6 Å². The molecule has 0 atom stereocenters. The smallest absolute Gasteiger partial charge is 0.276 e. The molecule has 0 aliphatic carbocycles. The average Bonchev–Trinajstić information content (AvgIpc) is 2.45. The van der Waals surface area contributed by atoms with Crippen molar-refractivity contribution in [3.63, 3.8) is 0 Å². The Morgan fingerprint density at radius 3 is 2.25 bits per heavy atom. The van der Waals surface area contributed by atoms with E-state index in [4.69, 9.17) is 0 Å². The van der Waals surface area contributed by atoms with E-state index in [1.165, 1.54) is 6.07 Å². The summed E-state index contributed by atoms with van der Waals surface area (Å²) in [5, 5.41) is 10.9. The van der Waals surface area contributed by atoms with Crippen LogP contribution in [0.2, 0.25) is 0 Å². The van der Waals surface area contributed by atoms with Gasteiger partial charge < -0.3 is 4.90 Å². The highest BCUT2D eigenvalue weighted by Crippen LogP contribution is 2.21. The fourth-order valence-electron chi connectivity index (χ4n) is 1.86. The molecule has 0 N–H and O–H groups in total. The van der Waals surface area contributed by atoms with Crippen LogP contribution in [-0.2, 0) is 0 Å². The van der Waals surface area contributed by atoms with Crippen LogP contribution in [0.4, 0.5) is 11.4 Å². The van der Waals surface area contributed by atoms with Crippen LogP contribution in [0.3, 0.4) is 0 Å². The van der Waals surface area contributed by atoms with E-state index in [2.05, 4.69) is 0 Å². The zero-order valence-corrected chi connectivity index (χ0v) is 11.5. The molecule has 0 aliphatic rings. The van der Waals surface area contributed by atoms with Crippen LogP contribution in [-0.4, -0.2) is 19.0 Å². The highest BCUT2D eigenvalue weighted by Gasteiger charge is 2.08. The van der Waals surface area contributed by atoms with Crippen molar-refractivity contribution < 1.29 is 4.92 Å². The molecule has 0 fully saturated rings. The second kappa shape index (κ2) is 6.02. The lowest BCUT2D eigenvalue weighted by Crippen LogP contribution is -2.07. The molecule has 2 aromatic rings. The van der Waals surface area contributed by atoms with E-state index < -0.39 is 0 Å². The first-order valence-electron chi connectivity index (χ1n) is 6.27. The molecule has 0 spiro atoms. The van der Waals surface area contributed by atoms with E-state index in [0.717, 1.165) is 11.3 Å². The lowest BCUT2D eigenvalue weighted by atomic mass is 10.1. The van der Waals surface area contributed by atoms with Gasteiger partial charge in [-0.1, -0.05) is 30.3 Å². The quantitative estimate of drug-likeness (QED) is 0.481. The van der Waals surface area contributed by atoms with E-state index in [9.17, 15) is 10.1 Å². The Kier molecular flexibility index (Phi) is 4.15. The standard InChI is InChI=1S/C16H16N2O2/c1-17(2)15-11-8-13(9-12-15)7-10-14-5-3-4-6-16(14)18(19)20/h3-12H,1-2H3/b10-7+. The van der Waals surface area contributed by atoms with Crippen LogP contribution < -0.4 is 4.90 Å². The Labute approximate surface area is 118 Å². The number of anilines is 1. The van der Waals surface area contributed by atoms with Gasteiger partial charge in [0.05, 0.1) is 10.5 Å². The minimum absolute atomic E-state index is 0.119. The van der Waals surface area contributed by atoms with Crippen LogP contribution in [0.1, 0.15) is 11.1 Å². The van der Waals surface area contributed by atoms with Crippen molar-refractivity contribution in [1.29, 1.82) is 0 Å². The number of nitro benzene ring substituents is 1. The summed E-state index contributed by atoms with van der Waals surface area (Å²) >= 11 is 0. The van der Waals surface area contributed by atoms with Gasteiger partial charge in [-0.05, 0) is 29.8 Å². The molecule has 0 radical (unpaired) electrons. The maximum atomic E-state index is 10.9. The SMILES string of the molecule is CN(C)c1ccc(/C=C/c2ccccc2[N+](=O)[O-])cc1. The maximum absolute atomic E-state index is 10.9. The van der Waals surface area contributed by atoms with Crippen LogP contribution >= 0.6 is 0 Å². The van der Waals surface area contributed by atoms with Crippen LogP contribution in [0, 0.1) is 10.1 Å². The number of rotatable bonds is 4. The molecule has 20 heavy (non-hydrogen) atoms. The summed E-state index contributed by atoms with van der Waals surface area (Å²) in [6.45, 7) is 0. The summed E-state index contributed by atoms with van der Waals surface area (Å²) < 4.78 is 0. The van der Waals surface area contributed by atoms with Crippen molar-refractivity contribution in [3.8, 4) is 0 Å². The fourth-order valence-corrected chi connectivity index (χ4v) is 1.86. The van der Waals surface area contributed by atoms with Crippen LogP contribution in [0.5, 0.6) is 0 Å². The van der Waals surface area contributed by atoms with E-state index >= 15 is 0 Å². The molecular weight excluding hydrogens is 252 g/mol. The van der Waals surface area contributed by atoms with Gasteiger partial charge in [0.1, 0.15) is 0 Å². The molecule has 102 valence electrons. The summed E-state index contributed by atoms with van der Waals surface area (Å²) in [7, 11) is 3.97. The molecule has 0 bridgehead atoms. The number of hydrogen-bond donors (Lipinski definition) is 0. The first-order valence-corrected chi connectivity index (χ1v) is 6.27. The van der Waals surface area contributed by atoms with Gasteiger partial charge in [-0.15, -0.1) is 0 Å². The monoisotopic (exact) mass is 268 g/mol. The normalized spacial score (nSPS) is 10.7. The lowest BCUT2D eigenvalue weighted by Gasteiger charge is -2.11. The van der Waals surface area contributed by atoms with E-state index in [1.54, 1.807) is 24.3 Å². The summed E-state index contributed by atoms with van der Waals surface area (Å²) in [6.07, 6.45) is 3.64. The van der Waals surface area contributed by atoms with Crippen molar-refractivity contribution in [2.75, 3.05) is 19.0 Å². The maximum Gasteiger partial charge on any atom is 0.276 e. The van der Waals surface area contributed by atoms with Gasteiger partial charge in [0.25, 0.3) is 5.69 Å². The molecule has 0 unspecified atom stereocenters. The molecule has 2 rings (SSSR count). The topological polar surface area (TPSA) is 46.4 Å². The molecule has 4 heteroatoms. The van der Waals surface area contributed by atoms with Gasteiger partial charge in [0.15, 0.2) is 0 Å². The molecule has 0 aromatic heterocycles. The second-order valence-electron chi connectivity index (χ2n) is 4.64. The molecule has 0 saturated carbocycles. The summed E-state index contributed by atoms with van der Waals surface area (Å²) in [5.41, 5.74) is 2.85. The number of nitrogens with zero attached hydrogens (tertiary/aromatic N) is 2. The Hall–Kier alpha value is -2.62. The Morgan fingerprint density at radius 2 is 1.65 bits per heavy atom. The highest BCUT2D eigenvalue weighted by molar-refractivity contribution is 5.74. The summed E-state index contributed by atoms with van der Waals surface area (Å²) in [5.74, 6) is 0. The van der Waals surface area contributed by atoms with Crippen LogP contribution in [0.25, 0.3) is 12.2 Å². The Balaban J connectivity index is 2.23. The third-order valence-electron chi connectivity index (χ3n) is 3.00. The van der Waals surface area contributed by atoms with E-state index in [0.29, 0.717) is 5.56 Å². The van der Waals surface area contributed by atoms with Crippen molar-refractivity contribution in [3.05, 3.63) is 69.8 Å². The Bertz CT molecular complexity index is 631. The molecule has 2 aromatic carbocycles. The molecule has 0 aliphatic heterocycles. The van der Waals surface area contributed by atoms with Gasteiger partial charge in [-0.2, -0.15) is 0 Å². The largest absolute Gasteiger partial charge is 0.378 e. The zero-order valence-electron chi connectivity index (χ0n) is 11.5. The minimum atomic E-state index is -0.366. The first-order chi connectivity index (χ1) is 9.58. The van der Waals surface area contributed by atoms with Gasteiger partial charge in [-0.3, -0.25) is 10.1 Å². The predicted octanol–water partition coefficient (Wildman–Crippen LogP) is 3.83. The van der Waals surface area contributed by atoms with Crippen molar-refractivity contribution in [1.82, 2.24) is 0 Å². The summed E-state index contributed by atoms with van der Waals surface area (Å²) in [6, 6.07) is 14.7. The van der Waals surface area contributed by atoms with E-state index in [1.807, 2.05) is 49.3 Å². The first kappa shape index (κ1) is 13.8. The van der Waals surface area contributed by atoms with Gasteiger partial charge >= 0.3 is 0 Å². The molecule has 0 saturated heterocycles. The van der Waals surface area contributed by atoms with Crippen molar-refractivity contribution in [2.24, 2.45) is 0 Å². The number of hydrogen-bond acceptors (Lipinski definition) is 3. The number of para-hydroxylation sites is 1. The number of benzene rings is 2. The lowest BCUT2D eigenvalue weighted by molar-refractivity contribution is -0.385. The second-order valence-corrected chi connectivity index (χ2v) is 4.64. The molecule has 4 nitrogen and oxygen atoms in total. The van der Waals surface area contributed by atoms with Gasteiger partial charge in [0, 0.05) is 25.8 Å².